The molecule has 1 N–H and O–H groups in total. The number of nitrogens with zero attached hydrogens (tertiary/aromatic N) is 4. The molecule has 35 heavy (non-hydrogen) atoms. The van der Waals surface area contributed by atoms with Gasteiger partial charge >= 0.3 is 0 Å². The van der Waals surface area contributed by atoms with Crippen LogP contribution in [0.15, 0.2) is 48.0 Å². The van der Waals surface area contributed by atoms with Gasteiger partial charge in [-0.2, -0.15) is 0 Å². The van der Waals surface area contributed by atoms with Gasteiger partial charge in [-0.15, -0.1) is 23.1 Å². The SMILES string of the molecule is CN(C)c1nc(C(=O)N2CCSC2CNC(=O)c2cccc3ncsc23)c(-c2ccc(F)cc2)s1. The van der Waals surface area contributed by atoms with Crippen molar-refractivity contribution in [2.24, 2.45) is 0 Å². The van der Waals surface area contributed by atoms with Crippen LogP contribution in [0.25, 0.3) is 20.7 Å². The van der Waals surface area contributed by atoms with Crippen molar-refractivity contribution in [2.75, 3.05) is 37.8 Å². The van der Waals surface area contributed by atoms with E-state index in [0.29, 0.717) is 34.4 Å². The molecule has 2 amide bonds. The molecule has 2 aromatic heterocycles. The molecule has 0 aliphatic carbocycles. The first kappa shape index (κ1) is 23.7. The van der Waals surface area contributed by atoms with E-state index in [-0.39, 0.29) is 23.0 Å². The fourth-order valence-corrected chi connectivity index (χ4v) is 6.78. The van der Waals surface area contributed by atoms with Crippen LogP contribution in [0.5, 0.6) is 0 Å². The summed E-state index contributed by atoms with van der Waals surface area (Å²) < 4.78 is 14.3. The molecule has 2 aromatic carbocycles. The molecule has 0 saturated carbocycles. The number of carbonyl (C=O) groups excluding carboxylic acids is 2. The van der Waals surface area contributed by atoms with Gasteiger partial charge in [-0.25, -0.2) is 14.4 Å². The summed E-state index contributed by atoms with van der Waals surface area (Å²) in [6.45, 7) is 0.882. The lowest BCUT2D eigenvalue weighted by atomic mass is 10.1. The van der Waals surface area contributed by atoms with Crippen molar-refractivity contribution >= 4 is 61.6 Å². The molecule has 1 unspecified atom stereocenters. The summed E-state index contributed by atoms with van der Waals surface area (Å²) in [7, 11) is 3.74. The average molecular weight is 528 g/mol. The van der Waals surface area contributed by atoms with E-state index in [1.165, 1.54) is 34.8 Å². The number of benzene rings is 2. The highest BCUT2D eigenvalue weighted by atomic mass is 32.2. The Bertz CT molecular complexity index is 1390. The Hall–Kier alpha value is -3.02. The van der Waals surface area contributed by atoms with Crippen molar-refractivity contribution in [1.82, 2.24) is 20.2 Å². The molecule has 4 aromatic rings. The lowest BCUT2D eigenvalue weighted by Crippen LogP contribution is -2.42. The highest BCUT2D eigenvalue weighted by Gasteiger charge is 2.34. The summed E-state index contributed by atoms with van der Waals surface area (Å²) in [4.78, 5) is 39.8. The molecule has 1 aliphatic heterocycles. The summed E-state index contributed by atoms with van der Waals surface area (Å²) in [6.07, 6.45) is 0. The van der Waals surface area contributed by atoms with Crippen LogP contribution >= 0.6 is 34.4 Å². The number of nitrogens with one attached hydrogen (secondary N) is 1. The van der Waals surface area contributed by atoms with Gasteiger partial charge in [0, 0.05) is 32.9 Å². The molecular formula is C24H22FN5O2S3. The number of aromatic nitrogens is 2. The zero-order chi connectivity index (χ0) is 24.5. The second kappa shape index (κ2) is 9.92. The minimum absolute atomic E-state index is 0.185. The highest BCUT2D eigenvalue weighted by molar-refractivity contribution is 8.00. The van der Waals surface area contributed by atoms with E-state index in [9.17, 15) is 14.0 Å². The largest absolute Gasteiger partial charge is 0.354 e. The Morgan fingerprint density at radius 3 is 2.77 bits per heavy atom. The molecule has 1 aliphatic rings. The average Bonchev–Trinajstić information content (AvgIpc) is 3.61. The van der Waals surface area contributed by atoms with Gasteiger partial charge < -0.3 is 15.1 Å². The van der Waals surface area contributed by atoms with E-state index in [0.717, 1.165) is 21.5 Å². The van der Waals surface area contributed by atoms with Gasteiger partial charge in [0.1, 0.15) is 11.5 Å². The van der Waals surface area contributed by atoms with Crippen LogP contribution in [-0.2, 0) is 0 Å². The summed E-state index contributed by atoms with van der Waals surface area (Å²) in [5.74, 6) is 0.0605. The van der Waals surface area contributed by atoms with Crippen LogP contribution < -0.4 is 10.2 Å². The van der Waals surface area contributed by atoms with E-state index in [1.54, 1.807) is 40.4 Å². The third-order valence-corrected chi connectivity index (χ3v) is 8.97. The molecule has 11 heteroatoms. The molecule has 0 spiro atoms. The van der Waals surface area contributed by atoms with Crippen LogP contribution in [-0.4, -0.2) is 65.0 Å². The molecule has 3 heterocycles. The second-order valence-electron chi connectivity index (χ2n) is 8.12. The van der Waals surface area contributed by atoms with Crippen LogP contribution in [0.4, 0.5) is 9.52 Å². The molecule has 1 saturated heterocycles. The first-order valence-corrected chi connectivity index (χ1v) is 13.6. The zero-order valence-corrected chi connectivity index (χ0v) is 21.5. The fourth-order valence-electron chi connectivity index (χ4n) is 3.84. The highest BCUT2D eigenvalue weighted by Crippen LogP contribution is 2.36. The van der Waals surface area contributed by atoms with Gasteiger partial charge in [0.25, 0.3) is 11.8 Å². The topological polar surface area (TPSA) is 78.4 Å². The maximum atomic E-state index is 13.7. The maximum absolute atomic E-state index is 13.7. The van der Waals surface area contributed by atoms with Gasteiger partial charge in [-0.3, -0.25) is 9.59 Å². The summed E-state index contributed by atoms with van der Waals surface area (Å²) in [5, 5.41) is 3.48. The number of thiazole rings is 2. The van der Waals surface area contributed by atoms with Crippen molar-refractivity contribution < 1.29 is 14.0 Å². The second-order valence-corrected chi connectivity index (χ2v) is 11.2. The number of amides is 2. The van der Waals surface area contributed by atoms with E-state index in [4.69, 9.17) is 0 Å². The molecule has 0 bridgehead atoms. The van der Waals surface area contributed by atoms with Gasteiger partial charge in [-0.05, 0) is 29.8 Å². The number of carbonyl (C=O) groups is 2. The third kappa shape index (κ3) is 4.75. The summed E-state index contributed by atoms with van der Waals surface area (Å²) in [6, 6.07) is 11.6. The normalized spacial score (nSPS) is 15.5. The van der Waals surface area contributed by atoms with Gasteiger partial charge in [0.15, 0.2) is 5.13 Å². The predicted molar refractivity (Wildman–Crippen MR) is 141 cm³/mol. The number of halogens is 1. The summed E-state index contributed by atoms with van der Waals surface area (Å²) >= 11 is 4.46. The molecule has 0 radical (unpaired) electrons. The molecule has 1 atom stereocenters. The number of fused-ring (bicyclic) bond motifs is 1. The molecule has 5 rings (SSSR count). The predicted octanol–water partition coefficient (Wildman–Crippen LogP) is 4.57. The quantitative estimate of drug-likeness (QED) is 0.396. The maximum Gasteiger partial charge on any atom is 0.275 e. The molecule has 7 nitrogen and oxygen atoms in total. The number of hydrogen-bond donors (Lipinski definition) is 1. The van der Waals surface area contributed by atoms with Crippen molar-refractivity contribution in [2.45, 2.75) is 5.37 Å². The van der Waals surface area contributed by atoms with Crippen molar-refractivity contribution in [1.29, 1.82) is 0 Å². The monoisotopic (exact) mass is 527 g/mol. The Kier molecular flexibility index (Phi) is 6.72. The standard InChI is InChI=1S/C24H22FN5O2S3/c1-29(2)24-28-19(20(35-24)14-6-8-15(25)9-7-14)23(32)30-10-11-33-18(30)12-26-22(31)16-4-3-5-17-21(16)34-13-27-17/h3-9,13,18H,10-12H2,1-2H3,(H,26,31). The van der Waals surface area contributed by atoms with E-state index in [1.807, 2.05) is 31.1 Å². The Balaban J connectivity index is 1.36. The lowest BCUT2D eigenvalue weighted by Gasteiger charge is -2.24. The minimum atomic E-state index is -0.334. The number of thioether (sulfide) groups is 1. The molecule has 180 valence electrons. The Labute approximate surface area is 214 Å². The number of rotatable bonds is 6. The third-order valence-electron chi connectivity index (χ3n) is 5.60. The fraction of sp³-hybridized carbons (Fsp3) is 0.250. The molecular weight excluding hydrogens is 505 g/mol. The van der Waals surface area contributed by atoms with E-state index in [2.05, 4.69) is 15.3 Å². The minimum Gasteiger partial charge on any atom is -0.354 e. The van der Waals surface area contributed by atoms with E-state index < -0.39 is 0 Å². The van der Waals surface area contributed by atoms with Crippen LogP contribution in [0.1, 0.15) is 20.8 Å². The van der Waals surface area contributed by atoms with Crippen LogP contribution in [0.2, 0.25) is 0 Å². The Morgan fingerprint density at radius 1 is 1.20 bits per heavy atom. The van der Waals surface area contributed by atoms with E-state index >= 15 is 0 Å². The zero-order valence-electron chi connectivity index (χ0n) is 19.0. The smallest absolute Gasteiger partial charge is 0.275 e. The molecule has 1 fully saturated rings. The number of anilines is 1. The Morgan fingerprint density at radius 2 is 2.00 bits per heavy atom. The number of hydrogen-bond acceptors (Lipinski definition) is 8. The first-order valence-electron chi connectivity index (χ1n) is 10.9. The van der Waals surface area contributed by atoms with Crippen LogP contribution in [0, 0.1) is 5.82 Å². The van der Waals surface area contributed by atoms with Crippen molar-refractivity contribution in [3.05, 3.63) is 65.0 Å². The van der Waals surface area contributed by atoms with Crippen LogP contribution in [0.3, 0.4) is 0 Å². The first-order chi connectivity index (χ1) is 16.9. The van der Waals surface area contributed by atoms with Gasteiger partial charge in [0.05, 0.1) is 31.5 Å². The summed E-state index contributed by atoms with van der Waals surface area (Å²) in [5.41, 5.74) is 4.19. The lowest BCUT2D eigenvalue weighted by molar-refractivity contribution is 0.0747. The van der Waals surface area contributed by atoms with Crippen molar-refractivity contribution in [3.8, 4) is 10.4 Å². The van der Waals surface area contributed by atoms with Gasteiger partial charge in [0.2, 0.25) is 0 Å². The van der Waals surface area contributed by atoms with Crippen molar-refractivity contribution in [3.63, 3.8) is 0 Å². The van der Waals surface area contributed by atoms with Gasteiger partial charge in [-0.1, -0.05) is 29.5 Å².